The van der Waals surface area contributed by atoms with Gasteiger partial charge >= 0.3 is 0 Å². The first-order valence-corrected chi connectivity index (χ1v) is 7.27. The van der Waals surface area contributed by atoms with Gasteiger partial charge < -0.3 is 4.42 Å². The van der Waals surface area contributed by atoms with E-state index in [-0.39, 0.29) is 10.6 Å². The summed E-state index contributed by atoms with van der Waals surface area (Å²) in [7, 11) is -3.49. The lowest BCUT2D eigenvalue weighted by atomic mass is 9.99. The van der Waals surface area contributed by atoms with E-state index >= 15 is 0 Å². The first-order valence-electron chi connectivity index (χ1n) is 5.83. The Morgan fingerprint density at radius 1 is 1.41 bits per heavy atom. The fourth-order valence-electron chi connectivity index (χ4n) is 2.63. The van der Waals surface area contributed by atoms with Crippen molar-refractivity contribution in [3.63, 3.8) is 0 Å². The molecule has 0 unspecified atom stereocenters. The Kier molecular flexibility index (Phi) is 2.86. The molecule has 1 aromatic heterocycles. The van der Waals surface area contributed by atoms with Crippen molar-refractivity contribution in [3.05, 3.63) is 17.9 Å². The van der Waals surface area contributed by atoms with E-state index in [0.717, 1.165) is 6.42 Å². The van der Waals surface area contributed by atoms with Gasteiger partial charge in [0, 0.05) is 12.1 Å². The van der Waals surface area contributed by atoms with Gasteiger partial charge in [0.2, 0.25) is 5.09 Å². The van der Waals surface area contributed by atoms with Crippen molar-refractivity contribution < 1.29 is 12.8 Å². The van der Waals surface area contributed by atoms with E-state index in [0.29, 0.717) is 18.2 Å². The molecule has 5 heteroatoms. The maximum Gasteiger partial charge on any atom is 0.276 e. The minimum Gasteiger partial charge on any atom is -0.449 e. The summed E-state index contributed by atoms with van der Waals surface area (Å²) in [4.78, 5) is 0. The topological polar surface area (TPSA) is 50.5 Å². The Bertz CT molecular complexity index is 516. The van der Waals surface area contributed by atoms with Gasteiger partial charge in [0.25, 0.3) is 10.0 Å². The predicted octanol–water partition coefficient (Wildman–Crippen LogP) is 2.40. The minimum atomic E-state index is -3.49. The number of aryl methyl sites for hydroxylation is 1. The van der Waals surface area contributed by atoms with Crippen LogP contribution in [0, 0.1) is 12.8 Å². The lowest BCUT2D eigenvalue weighted by Gasteiger charge is -2.29. The molecule has 1 aliphatic heterocycles. The van der Waals surface area contributed by atoms with E-state index in [9.17, 15) is 8.42 Å². The molecule has 0 aromatic carbocycles. The molecule has 2 rings (SSSR count). The van der Waals surface area contributed by atoms with Gasteiger partial charge in [-0.2, -0.15) is 4.31 Å². The van der Waals surface area contributed by atoms with Gasteiger partial charge in [-0.05, 0) is 45.2 Å². The van der Waals surface area contributed by atoms with Crippen LogP contribution in [-0.4, -0.2) is 24.8 Å². The molecule has 0 aliphatic carbocycles. The average Bonchev–Trinajstić information content (AvgIpc) is 2.70. The highest BCUT2D eigenvalue weighted by atomic mass is 32.2. The highest BCUT2D eigenvalue weighted by molar-refractivity contribution is 7.89. The maximum absolute atomic E-state index is 12.4. The van der Waals surface area contributed by atoms with Crippen LogP contribution in [0.2, 0.25) is 0 Å². The Morgan fingerprint density at radius 3 is 2.47 bits per heavy atom. The second-order valence-electron chi connectivity index (χ2n) is 5.52. The molecule has 1 fully saturated rings. The van der Waals surface area contributed by atoms with Crippen molar-refractivity contribution in [3.8, 4) is 0 Å². The Balaban J connectivity index is 2.40. The van der Waals surface area contributed by atoms with Crippen LogP contribution in [0.25, 0.3) is 0 Å². The van der Waals surface area contributed by atoms with Crippen LogP contribution in [0.5, 0.6) is 0 Å². The van der Waals surface area contributed by atoms with Crippen molar-refractivity contribution in [2.24, 2.45) is 5.92 Å². The first-order chi connectivity index (χ1) is 7.73. The molecular weight excluding hydrogens is 238 g/mol. The number of hydrogen-bond donors (Lipinski definition) is 0. The molecule has 0 spiro atoms. The van der Waals surface area contributed by atoms with Crippen LogP contribution in [0.3, 0.4) is 0 Å². The molecular formula is C12H19NO3S. The zero-order valence-corrected chi connectivity index (χ0v) is 11.5. The van der Waals surface area contributed by atoms with Crippen LogP contribution >= 0.6 is 0 Å². The van der Waals surface area contributed by atoms with Gasteiger partial charge in [-0.1, -0.05) is 6.92 Å². The lowest BCUT2D eigenvalue weighted by Crippen LogP contribution is -2.42. The van der Waals surface area contributed by atoms with Crippen LogP contribution in [-0.2, 0) is 10.0 Å². The molecule has 1 saturated heterocycles. The van der Waals surface area contributed by atoms with Gasteiger partial charge in [0.05, 0.1) is 0 Å². The molecule has 96 valence electrons. The zero-order valence-electron chi connectivity index (χ0n) is 10.7. The molecule has 1 aliphatic rings. The van der Waals surface area contributed by atoms with Crippen LogP contribution in [0.15, 0.2) is 21.6 Å². The highest BCUT2D eigenvalue weighted by Crippen LogP contribution is 2.37. The molecule has 1 aromatic rings. The molecule has 0 radical (unpaired) electrons. The average molecular weight is 257 g/mol. The molecule has 0 amide bonds. The highest BCUT2D eigenvalue weighted by Gasteiger charge is 2.45. The van der Waals surface area contributed by atoms with Crippen LogP contribution in [0.4, 0.5) is 0 Å². The summed E-state index contributed by atoms with van der Waals surface area (Å²) in [6.07, 6.45) is 0.881. The molecule has 2 heterocycles. The quantitative estimate of drug-likeness (QED) is 0.817. The van der Waals surface area contributed by atoms with E-state index in [1.165, 1.54) is 6.07 Å². The molecule has 17 heavy (non-hydrogen) atoms. The third kappa shape index (κ3) is 2.13. The Hall–Kier alpha value is -0.810. The second-order valence-corrected chi connectivity index (χ2v) is 7.32. The van der Waals surface area contributed by atoms with E-state index in [1.54, 1.807) is 17.3 Å². The molecule has 4 nitrogen and oxygen atoms in total. The molecule has 0 saturated carbocycles. The third-order valence-electron chi connectivity index (χ3n) is 3.26. The number of nitrogens with zero attached hydrogens (tertiary/aromatic N) is 1. The fraction of sp³-hybridized carbons (Fsp3) is 0.667. The number of sulfonamides is 1. The Labute approximate surface area is 103 Å². The second kappa shape index (κ2) is 3.85. The summed E-state index contributed by atoms with van der Waals surface area (Å²) in [6, 6.07) is 3.21. The van der Waals surface area contributed by atoms with Gasteiger partial charge in [0.15, 0.2) is 0 Å². The van der Waals surface area contributed by atoms with E-state index in [2.05, 4.69) is 6.92 Å². The van der Waals surface area contributed by atoms with Crippen molar-refractivity contribution in [1.29, 1.82) is 0 Å². The monoisotopic (exact) mass is 257 g/mol. The summed E-state index contributed by atoms with van der Waals surface area (Å²) in [5.74, 6) is 1.00. The zero-order chi connectivity index (χ0) is 12.8. The maximum atomic E-state index is 12.4. The minimum absolute atomic E-state index is 0.0529. The van der Waals surface area contributed by atoms with Crippen molar-refractivity contribution in [2.45, 2.75) is 44.7 Å². The van der Waals surface area contributed by atoms with Gasteiger partial charge in [-0.15, -0.1) is 0 Å². The van der Waals surface area contributed by atoms with Gasteiger partial charge in [0.1, 0.15) is 5.76 Å². The van der Waals surface area contributed by atoms with Crippen molar-refractivity contribution in [1.82, 2.24) is 4.31 Å². The third-order valence-corrected chi connectivity index (χ3v) is 5.21. The van der Waals surface area contributed by atoms with Crippen molar-refractivity contribution in [2.75, 3.05) is 6.54 Å². The summed E-state index contributed by atoms with van der Waals surface area (Å²) in [5, 5.41) is 0.0529. The van der Waals surface area contributed by atoms with Gasteiger partial charge in [-0.25, -0.2) is 8.42 Å². The van der Waals surface area contributed by atoms with Gasteiger partial charge in [-0.3, -0.25) is 0 Å². The summed E-state index contributed by atoms with van der Waals surface area (Å²) >= 11 is 0. The normalized spacial score (nSPS) is 25.3. The first kappa shape index (κ1) is 12.6. The number of hydrogen-bond acceptors (Lipinski definition) is 3. The molecule has 1 atom stereocenters. The van der Waals surface area contributed by atoms with Crippen molar-refractivity contribution >= 4 is 10.0 Å². The largest absolute Gasteiger partial charge is 0.449 e. The summed E-state index contributed by atoms with van der Waals surface area (Å²) in [6.45, 7) is 8.31. The number of rotatable bonds is 2. The predicted molar refractivity (Wildman–Crippen MR) is 65.2 cm³/mol. The standard InChI is InChI=1S/C12H19NO3S/c1-9-7-12(3,4)13(8-9)17(14,15)11-6-5-10(2)16-11/h5-6,9H,7-8H2,1-4H3/t9-/m0/s1. The smallest absolute Gasteiger partial charge is 0.276 e. The fourth-order valence-corrected chi connectivity index (χ4v) is 4.50. The molecule has 0 bridgehead atoms. The van der Waals surface area contributed by atoms with Crippen LogP contribution in [0.1, 0.15) is 33.0 Å². The summed E-state index contributed by atoms with van der Waals surface area (Å²) < 4.78 is 31.7. The van der Waals surface area contributed by atoms with E-state index < -0.39 is 10.0 Å². The number of furan rings is 1. The lowest BCUT2D eigenvalue weighted by molar-refractivity contribution is 0.281. The van der Waals surface area contributed by atoms with E-state index in [1.807, 2.05) is 13.8 Å². The SMILES string of the molecule is Cc1ccc(S(=O)(=O)N2C[C@@H](C)CC2(C)C)o1. The summed E-state index contributed by atoms with van der Waals surface area (Å²) in [5.41, 5.74) is -0.334. The Morgan fingerprint density at radius 2 is 2.06 bits per heavy atom. The molecule has 0 N–H and O–H groups in total. The van der Waals surface area contributed by atoms with Crippen LogP contribution < -0.4 is 0 Å². The van der Waals surface area contributed by atoms with E-state index in [4.69, 9.17) is 4.42 Å².